The van der Waals surface area contributed by atoms with Gasteiger partial charge in [-0.2, -0.15) is 0 Å². The van der Waals surface area contributed by atoms with Crippen LogP contribution in [0.3, 0.4) is 0 Å². The molecule has 31 heavy (non-hydrogen) atoms. The van der Waals surface area contributed by atoms with Crippen LogP contribution in [0.4, 0.5) is 0 Å². The Labute approximate surface area is 188 Å². The minimum absolute atomic E-state index is 0.122. The summed E-state index contributed by atoms with van der Waals surface area (Å²) >= 11 is 0. The molecule has 7 atom stereocenters. The third-order valence-electron chi connectivity index (χ3n) is 10.1. The maximum Gasteiger partial charge on any atom is 0.129 e. The SMILES string of the molecule is CCC(C=NOCCN)=C[C@]1(O)CC[C@@]2(C)[C@H](CC[C@@H]3[C@@H]2CC[C@]2(C)CCC[C@]32O)C1. The van der Waals surface area contributed by atoms with Gasteiger partial charge in [-0.15, -0.1) is 0 Å². The van der Waals surface area contributed by atoms with Gasteiger partial charge in [0.15, 0.2) is 0 Å². The Balaban J connectivity index is 1.50. The Bertz CT molecular complexity index is 723. The molecule has 5 heteroatoms. The number of nitrogens with zero attached hydrogens (tertiary/aromatic N) is 1. The summed E-state index contributed by atoms with van der Waals surface area (Å²) in [7, 11) is 0. The first-order valence-corrected chi connectivity index (χ1v) is 12.7. The number of fused-ring (bicyclic) bond motifs is 5. The van der Waals surface area contributed by atoms with Crippen molar-refractivity contribution in [2.75, 3.05) is 13.2 Å². The van der Waals surface area contributed by atoms with Gasteiger partial charge in [-0.3, -0.25) is 0 Å². The van der Waals surface area contributed by atoms with E-state index in [2.05, 4.69) is 25.9 Å². The molecule has 4 aliphatic rings. The van der Waals surface area contributed by atoms with Gasteiger partial charge >= 0.3 is 0 Å². The fourth-order valence-electron chi connectivity index (χ4n) is 8.15. The Kier molecular flexibility index (Phi) is 6.35. The van der Waals surface area contributed by atoms with Gasteiger partial charge in [-0.05, 0) is 111 Å². The highest BCUT2D eigenvalue weighted by Gasteiger charge is 2.65. The van der Waals surface area contributed by atoms with Crippen LogP contribution < -0.4 is 5.73 Å². The summed E-state index contributed by atoms with van der Waals surface area (Å²) in [5.41, 5.74) is 5.58. The average molecular weight is 433 g/mol. The van der Waals surface area contributed by atoms with E-state index in [1.807, 2.05) is 6.08 Å². The topological polar surface area (TPSA) is 88.1 Å². The average Bonchev–Trinajstić information content (AvgIpc) is 3.06. The Morgan fingerprint density at radius 2 is 1.87 bits per heavy atom. The Morgan fingerprint density at radius 1 is 1.06 bits per heavy atom. The number of aliphatic hydroxyl groups is 2. The zero-order valence-corrected chi connectivity index (χ0v) is 19.9. The lowest BCUT2D eigenvalue weighted by Gasteiger charge is -2.63. The summed E-state index contributed by atoms with van der Waals surface area (Å²) in [5, 5.41) is 27.4. The van der Waals surface area contributed by atoms with Gasteiger partial charge in [-0.25, -0.2) is 0 Å². The fraction of sp³-hybridized carbons (Fsp3) is 0.885. The van der Waals surface area contributed by atoms with Crippen LogP contribution in [0.15, 0.2) is 16.8 Å². The van der Waals surface area contributed by atoms with Gasteiger partial charge < -0.3 is 20.8 Å². The monoisotopic (exact) mass is 432 g/mol. The lowest BCUT2D eigenvalue weighted by molar-refractivity contribution is -0.206. The molecule has 4 rings (SSSR count). The first kappa shape index (κ1) is 23.3. The van der Waals surface area contributed by atoms with E-state index in [4.69, 9.17) is 10.6 Å². The molecule has 0 saturated heterocycles. The minimum atomic E-state index is -0.768. The van der Waals surface area contributed by atoms with Crippen LogP contribution in [-0.4, -0.2) is 40.8 Å². The van der Waals surface area contributed by atoms with Crippen LogP contribution >= 0.6 is 0 Å². The molecule has 4 N–H and O–H groups in total. The van der Waals surface area contributed by atoms with Gasteiger partial charge in [0, 0.05) is 6.54 Å². The van der Waals surface area contributed by atoms with E-state index in [0.29, 0.717) is 30.9 Å². The maximum atomic E-state index is 11.9. The largest absolute Gasteiger partial charge is 0.394 e. The molecule has 0 radical (unpaired) electrons. The van der Waals surface area contributed by atoms with Crippen LogP contribution in [0.1, 0.15) is 91.4 Å². The highest BCUT2D eigenvalue weighted by Crippen LogP contribution is 2.68. The lowest BCUT2D eigenvalue weighted by atomic mass is 9.43. The van der Waals surface area contributed by atoms with Crippen LogP contribution in [0.25, 0.3) is 0 Å². The maximum absolute atomic E-state index is 11.9. The van der Waals surface area contributed by atoms with Gasteiger partial charge in [-0.1, -0.05) is 25.9 Å². The number of hydrogen-bond donors (Lipinski definition) is 3. The van der Waals surface area contributed by atoms with Crippen LogP contribution in [-0.2, 0) is 4.84 Å². The van der Waals surface area contributed by atoms with Gasteiger partial charge in [0.2, 0.25) is 0 Å². The quantitative estimate of drug-likeness (QED) is 0.326. The minimum Gasteiger partial charge on any atom is -0.394 e. The van der Waals surface area contributed by atoms with Crippen molar-refractivity contribution in [3.8, 4) is 0 Å². The van der Waals surface area contributed by atoms with Crippen molar-refractivity contribution in [1.29, 1.82) is 0 Å². The smallest absolute Gasteiger partial charge is 0.129 e. The van der Waals surface area contributed by atoms with Crippen molar-refractivity contribution in [1.82, 2.24) is 0 Å². The molecule has 0 aliphatic heterocycles. The van der Waals surface area contributed by atoms with Crippen molar-refractivity contribution in [2.24, 2.45) is 39.5 Å². The molecular weight excluding hydrogens is 388 g/mol. The molecule has 0 aromatic heterocycles. The van der Waals surface area contributed by atoms with Gasteiger partial charge in [0.1, 0.15) is 6.61 Å². The predicted octanol–water partition coefficient (Wildman–Crippen LogP) is 4.56. The van der Waals surface area contributed by atoms with Crippen LogP contribution in [0.5, 0.6) is 0 Å². The highest BCUT2D eigenvalue weighted by molar-refractivity contribution is 5.78. The van der Waals surface area contributed by atoms with E-state index in [1.54, 1.807) is 6.21 Å². The summed E-state index contributed by atoms with van der Waals surface area (Å²) in [4.78, 5) is 5.15. The van der Waals surface area contributed by atoms with Gasteiger partial charge in [0.25, 0.3) is 0 Å². The van der Waals surface area contributed by atoms with E-state index in [0.717, 1.165) is 56.9 Å². The lowest BCUT2D eigenvalue weighted by Crippen LogP contribution is -2.61. The summed E-state index contributed by atoms with van der Waals surface area (Å²) in [6.07, 6.45) is 15.2. The van der Waals surface area contributed by atoms with Crippen LogP contribution in [0, 0.1) is 28.6 Å². The molecule has 0 aromatic carbocycles. The summed E-state index contributed by atoms with van der Waals surface area (Å²) < 4.78 is 0. The van der Waals surface area contributed by atoms with Crippen molar-refractivity contribution >= 4 is 6.21 Å². The normalized spacial score (nSPS) is 47.7. The Hall–Kier alpha value is -0.910. The molecule has 4 fully saturated rings. The molecule has 0 unspecified atom stereocenters. The molecular formula is C26H44N2O3. The second kappa shape index (κ2) is 8.46. The molecule has 176 valence electrons. The van der Waals surface area contributed by atoms with Crippen molar-refractivity contribution in [2.45, 2.75) is 103 Å². The van der Waals surface area contributed by atoms with Crippen molar-refractivity contribution in [3.63, 3.8) is 0 Å². The van der Waals surface area contributed by atoms with Gasteiger partial charge in [0.05, 0.1) is 17.4 Å². The molecule has 0 amide bonds. The molecule has 4 aliphatic carbocycles. The molecule has 0 spiro atoms. The van der Waals surface area contributed by atoms with E-state index < -0.39 is 11.2 Å². The molecule has 0 bridgehead atoms. The van der Waals surface area contributed by atoms with Crippen LogP contribution in [0.2, 0.25) is 0 Å². The number of oxime groups is 1. The highest BCUT2D eigenvalue weighted by atomic mass is 16.6. The fourth-order valence-corrected chi connectivity index (χ4v) is 8.15. The summed E-state index contributed by atoms with van der Waals surface area (Å²) in [6, 6.07) is 0. The zero-order chi connectivity index (χ0) is 22.3. The third kappa shape index (κ3) is 3.89. The number of allylic oxidation sites excluding steroid dienone is 1. The predicted molar refractivity (Wildman–Crippen MR) is 125 cm³/mol. The molecule has 5 nitrogen and oxygen atoms in total. The first-order chi connectivity index (χ1) is 14.7. The molecule has 4 saturated carbocycles. The van der Waals surface area contributed by atoms with E-state index in [9.17, 15) is 10.2 Å². The third-order valence-corrected chi connectivity index (χ3v) is 10.1. The molecule has 0 heterocycles. The Morgan fingerprint density at radius 3 is 2.61 bits per heavy atom. The number of rotatable bonds is 6. The standard InChI is InChI=1S/C26H44N2O3/c1-4-19(18-28-31-15-14-27)16-25(29)13-12-24(3)20(17-25)6-7-22-21(24)8-11-23(2)9-5-10-26(22,23)30/h16,18,20-22,29-30H,4-15,17,27H2,1-3H3/t20-,21+,22-,23+,24+,25-,26+/m1/s1. The van der Waals surface area contributed by atoms with Crippen molar-refractivity contribution < 1.29 is 15.1 Å². The summed E-state index contributed by atoms with van der Waals surface area (Å²) in [5.74, 6) is 1.55. The van der Waals surface area contributed by atoms with E-state index in [-0.39, 0.29) is 10.8 Å². The van der Waals surface area contributed by atoms with Crippen molar-refractivity contribution in [3.05, 3.63) is 11.6 Å². The second-order valence-electron chi connectivity index (χ2n) is 11.6. The number of hydrogen-bond acceptors (Lipinski definition) is 5. The van der Waals surface area contributed by atoms with E-state index >= 15 is 0 Å². The molecule has 0 aromatic rings. The van der Waals surface area contributed by atoms with E-state index in [1.165, 1.54) is 19.3 Å². The zero-order valence-electron chi connectivity index (χ0n) is 19.9. The number of nitrogens with two attached hydrogens (primary N) is 1. The summed E-state index contributed by atoms with van der Waals surface area (Å²) in [6.45, 7) is 7.76. The first-order valence-electron chi connectivity index (χ1n) is 12.7. The second-order valence-corrected chi connectivity index (χ2v) is 11.6.